The van der Waals surface area contributed by atoms with Gasteiger partial charge in [-0.1, -0.05) is 12.1 Å². The molecule has 1 atom stereocenters. The summed E-state index contributed by atoms with van der Waals surface area (Å²) in [4.78, 5) is 17.8. The Labute approximate surface area is 198 Å². The number of rotatable bonds is 10. The van der Waals surface area contributed by atoms with Crippen molar-refractivity contribution in [2.45, 2.75) is 26.5 Å². The number of nitrogens with one attached hydrogen (secondary N) is 2. The highest BCUT2D eigenvalue weighted by Crippen LogP contribution is 2.33. The van der Waals surface area contributed by atoms with Gasteiger partial charge in [-0.2, -0.15) is 8.78 Å². The van der Waals surface area contributed by atoms with Crippen LogP contribution in [0.15, 0.2) is 23.2 Å². The molecule has 1 fully saturated rings. The number of amides is 1. The number of likely N-dealkylation sites (N-methyl/N-ethyl adjacent to an activating group) is 1. The number of nitrogens with zero attached hydrogens (tertiary/aromatic N) is 2. The highest BCUT2D eigenvalue weighted by Gasteiger charge is 2.18. The molecular formula is C20H31F2IN4O4. The van der Waals surface area contributed by atoms with Gasteiger partial charge < -0.3 is 29.7 Å². The van der Waals surface area contributed by atoms with Crippen LogP contribution in [0, 0.1) is 5.92 Å². The number of carbonyl (C=O) groups is 1. The number of hydrogen-bond donors (Lipinski definition) is 2. The summed E-state index contributed by atoms with van der Waals surface area (Å²) in [7, 11) is 3.33. The van der Waals surface area contributed by atoms with E-state index in [0.717, 1.165) is 13.0 Å². The van der Waals surface area contributed by atoms with E-state index in [1.54, 1.807) is 39.2 Å². The second kappa shape index (κ2) is 14.2. The normalized spacial score (nSPS) is 15.9. The lowest BCUT2D eigenvalue weighted by Gasteiger charge is -2.17. The number of carbonyl (C=O) groups excluding carboxylic acids is 1. The molecule has 1 aliphatic rings. The fraction of sp³-hybridized carbons (Fsp3) is 0.600. The maximum Gasteiger partial charge on any atom is 0.387 e. The van der Waals surface area contributed by atoms with Gasteiger partial charge in [-0.15, -0.1) is 24.0 Å². The van der Waals surface area contributed by atoms with Crippen LogP contribution in [0.2, 0.25) is 0 Å². The van der Waals surface area contributed by atoms with Gasteiger partial charge in [0.15, 0.2) is 17.5 Å². The minimum absolute atomic E-state index is 0. The molecule has 1 unspecified atom stereocenters. The van der Waals surface area contributed by atoms with E-state index in [0.29, 0.717) is 37.2 Å². The molecule has 0 aliphatic carbocycles. The number of halogens is 3. The van der Waals surface area contributed by atoms with Crippen LogP contribution >= 0.6 is 24.0 Å². The van der Waals surface area contributed by atoms with Crippen molar-refractivity contribution in [3.8, 4) is 11.5 Å². The number of para-hydroxylation sites is 1. The van der Waals surface area contributed by atoms with Gasteiger partial charge in [0.05, 0.1) is 26.3 Å². The van der Waals surface area contributed by atoms with Gasteiger partial charge in [0.1, 0.15) is 0 Å². The van der Waals surface area contributed by atoms with Gasteiger partial charge >= 0.3 is 6.61 Å². The monoisotopic (exact) mass is 556 g/mol. The van der Waals surface area contributed by atoms with Crippen LogP contribution < -0.4 is 20.1 Å². The topological polar surface area (TPSA) is 84.4 Å². The fourth-order valence-corrected chi connectivity index (χ4v) is 2.82. The quantitative estimate of drug-likeness (QED) is 0.262. The van der Waals surface area contributed by atoms with Crippen LogP contribution in [-0.4, -0.2) is 70.4 Å². The van der Waals surface area contributed by atoms with Crippen LogP contribution in [0.4, 0.5) is 8.78 Å². The maximum atomic E-state index is 12.9. The molecule has 176 valence electrons. The molecule has 0 bridgehead atoms. The van der Waals surface area contributed by atoms with Crippen LogP contribution in [0.1, 0.15) is 18.9 Å². The largest absolute Gasteiger partial charge is 0.490 e. The Kier molecular flexibility index (Phi) is 12.5. The van der Waals surface area contributed by atoms with Gasteiger partial charge in [0.2, 0.25) is 5.91 Å². The van der Waals surface area contributed by atoms with E-state index in [-0.39, 0.29) is 54.5 Å². The van der Waals surface area contributed by atoms with Crippen molar-refractivity contribution in [2.75, 3.05) is 47.0 Å². The van der Waals surface area contributed by atoms with Crippen LogP contribution in [0.25, 0.3) is 0 Å². The molecule has 1 aromatic rings. The molecule has 11 heteroatoms. The predicted octanol–water partition coefficient (Wildman–Crippen LogP) is 2.46. The lowest BCUT2D eigenvalue weighted by molar-refractivity contribution is -0.127. The molecule has 0 saturated carbocycles. The Bertz CT molecular complexity index is 716. The average molecular weight is 556 g/mol. The number of aliphatic imine (C=N–C) groups is 1. The third-order valence-corrected chi connectivity index (χ3v) is 4.46. The van der Waals surface area contributed by atoms with E-state index in [1.807, 2.05) is 0 Å². The first-order chi connectivity index (χ1) is 14.4. The van der Waals surface area contributed by atoms with E-state index >= 15 is 0 Å². The summed E-state index contributed by atoms with van der Waals surface area (Å²) in [6.07, 6.45) is 0.944. The first-order valence-corrected chi connectivity index (χ1v) is 9.90. The average Bonchev–Trinajstić information content (AvgIpc) is 3.22. The van der Waals surface area contributed by atoms with E-state index in [2.05, 4.69) is 20.4 Å². The van der Waals surface area contributed by atoms with E-state index < -0.39 is 6.61 Å². The van der Waals surface area contributed by atoms with E-state index in [1.165, 1.54) is 4.90 Å². The molecule has 0 radical (unpaired) electrons. The Hall–Kier alpha value is -1.89. The Morgan fingerprint density at radius 3 is 2.74 bits per heavy atom. The van der Waals surface area contributed by atoms with Gasteiger partial charge in [-0.25, -0.2) is 4.99 Å². The van der Waals surface area contributed by atoms with Crippen LogP contribution in [-0.2, 0) is 16.1 Å². The van der Waals surface area contributed by atoms with Crippen LogP contribution in [0.3, 0.4) is 0 Å². The third-order valence-electron chi connectivity index (χ3n) is 4.46. The number of ether oxygens (including phenoxy) is 3. The molecular weight excluding hydrogens is 525 g/mol. The molecule has 2 rings (SSSR count). The van der Waals surface area contributed by atoms with Crippen molar-refractivity contribution in [3.63, 3.8) is 0 Å². The van der Waals surface area contributed by atoms with Crippen molar-refractivity contribution in [1.82, 2.24) is 15.5 Å². The van der Waals surface area contributed by atoms with Gasteiger partial charge in [0.25, 0.3) is 0 Å². The maximum absolute atomic E-state index is 12.9. The molecule has 31 heavy (non-hydrogen) atoms. The zero-order valence-corrected chi connectivity index (χ0v) is 20.4. The molecule has 0 aromatic heterocycles. The molecule has 1 heterocycles. The van der Waals surface area contributed by atoms with E-state index in [4.69, 9.17) is 9.47 Å². The van der Waals surface area contributed by atoms with Crippen LogP contribution in [0.5, 0.6) is 11.5 Å². The minimum Gasteiger partial charge on any atom is -0.490 e. The second-order valence-corrected chi connectivity index (χ2v) is 6.97. The minimum atomic E-state index is -2.98. The zero-order chi connectivity index (χ0) is 21.9. The molecule has 2 N–H and O–H groups in total. The number of hydrogen-bond acceptors (Lipinski definition) is 5. The Balaban J connectivity index is 0.00000480. The highest BCUT2D eigenvalue weighted by molar-refractivity contribution is 14.0. The van der Waals surface area contributed by atoms with Gasteiger partial charge in [0, 0.05) is 38.7 Å². The van der Waals surface area contributed by atoms with Crippen molar-refractivity contribution in [1.29, 1.82) is 0 Å². The standard InChI is InChI=1S/C20H30F2N4O4.HI/c1-4-29-16-7-5-6-15(18(16)30-19(21)22)11-24-20(25-12-17(27)26(2)3)23-10-14-8-9-28-13-14;/h5-7,14,19H,4,8-13H2,1-3H3,(H2,23,24,25);1H. The summed E-state index contributed by atoms with van der Waals surface area (Å²) in [5.74, 6) is 0.834. The molecule has 1 saturated heterocycles. The Morgan fingerprint density at radius 1 is 1.35 bits per heavy atom. The smallest absolute Gasteiger partial charge is 0.387 e. The summed E-state index contributed by atoms with van der Waals surface area (Å²) in [5, 5.41) is 6.18. The fourth-order valence-electron chi connectivity index (χ4n) is 2.82. The first-order valence-electron chi connectivity index (χ1n) is 9.90. The van der Waals surface area contributed by atoms with Gasteiger partial charge in [-0.05, 0) is 19.4 Å². The van der Waals surface area contributed by atoms with Crippen molar-refractivity contribution < 1.29 is 27.8 Å². The highest BCUT2D eigenvalue weighted by atomic mass is 127. The SMILES string of the molecule is CCOc1cccc(CN=C(NCC(=O)N(C)C)NCC2CCOC2)c1OC(F)F.I. The summed E-state index contributed by atoms with van der Waals surface area (Å²) in [5.41, 5.74) is 0.450. The Morgan fingerprint density at radius 2 is 2.13 bits per heavy atom. The van der Waals surface area contributed by atoms with Gasteiger partial charge in [-0.3, -0.25) is 4.79 Å². The van der Waals surface area contributed by atoms with Crippen molar-refractivity contribution in [3.05, 3.63) is 23.8 Å². The number of alkyl halides is 2. The summed E-state index contributed by atoms with van der Waals surface area (Å²) in [6, 6.07) is 4.92. The summed E-state index contributed by atoms with van der Waals surface area (Å²) < 4.78 is 41.3. The first kappa shape index (κ1) is 27.1. The molecule has 1 aliphatic heterocycles. The number of guanidine groups is 1. The predicted molar refractivity (Wildman–Crippen MR) is 124 cm³/mol. The lowest BCUT2D eigenvalue weighted by Crippen LogP contribution is -2.44. The zero-order valence-electron chi connectivity index (χ0n) is 18.0. The third kappa shape index (κ3) is 9.42. The molecule has 1 aromatic carbocycles. The summed E-state index contributed by atoms with van der Waals surface area (Å²) >= 11 is 0. The lowest BCUT2D eigenvalue weighted by atomic mass is 10.1. The molecule has 1 amide bonds. The molecule has 0 spiro atoms. The van der Waals surface area contributed by atoms with E-state index in [9.17, 15) is 13.6 Å². The summed E-state index contributed by atoms with van der Waals surface area (Å²) in [6.45, 7) is 1.24. The van der Waals surface area contributed by atoms with Crippen molar-refractivity contribution in [2.24, 2.45) is 10.9 Å². The molecule has 8 nitrogen and oxygen atoms in total. The van der Waals surface area contributed by atoms with Crippen molar-refractivity contribution >= 4 is 35.8 Å². The number of benzene rings is 1. The second-order valence-electron chi connectivity index (χ2n) is 6.97.